The Balaban J connectivity index is 0.00000341. The molecule has 0 bridgehead atoms. The zero-order valence-electron chi connectivity index (χ0n) is 19.0. The van der Waals surface area contributed by atoms with Gasteiger partial charge in [0.1, 0.15) is 0 Å². The highest BCUT2D eigenvalue weighted by Gasteiger charge is 2.25. The Morgan fingerprint density at radius 2 is 1.65 bits per heavy atom. The summed E-state index contributed by atoms with van der Waals surface area (Å²) >= 11 is 0. The van der Waals surface area contributed by atoms with E-state index in [4.69, 9.17) is 4.74 Å². The van der Waals surface area contributed by atoms with Gasteiger partial charge >= 0.3 is 6.09 Å². The summed E-state index contributed by atoms with van der Waals surface area (Å²) in [6.07, 6.45) is -0.219. The van der Waals surface area contributed by atoms with Crippen molar-refractivity contribution in [1.29, 1.82) is 0 Å². The van der Waals surface area contributed by atoms with Crippen LogP contribution in [0.1, 0.15) is 13.8 Å². The van der Waals surface area contributed by atoms with Crippen LogP contribution in [0.25, 0.3) is 0 Å². The maximum atomic E-state index is 11.9. The molecule has 0 radical (unpaired) electrons. The van der Waals surface area contributed by atoms with Crippen LogP contribution in [0.4, 0.5) is 10.5 Å². The number of para-hydroxylation sites is 1. The Labute approximate surface area is 203 Å². The van der Waals surface area contributed by atoms with Gasteiger partial charge in [-0.25, -0.2) is 4.79 Å². The molecule has 2 aliphatic heterocycles. The lowest BCUT2D eigenvalue weighted by molar-refractivity contribution is 0.0913. The molecule has 174 valence electrons. The molecule has 2 fully saturated rings. The van der Waals surface area contributed by atoms with E-state index in [0.29, 0.717) is 25.7 Å². The zero-order chi connectivity index (χ0) is 21.3. The smallest absolute Gasteiger partial charge is 0.409 e. The Kier molecular flexibility index (Phi) is 10.7. The van der Waals surface area contributed by atoms with Gasteiger partial charge in [0, 0.05) is 77.7 Å². The van der Waals surface area contributed by atoms with Crippen molar-refractivity contribution in [3.05, 3.63) is 30.3 Å². The molecule has 3 rings (SSSR count). The van der Waals surface area contributed by atoms with Gasteiger partial charge in [-0.2, -0.15) is 0 Å². The highest BCUT2D eigenvalue weighted by Crippen LogP contribution is 2.16. The quantitative estimate of drug-likeness (QED) is 0.349. The summed E-state index contributed by atoms with van der Waals surface area (Å²) in [4.78, 5) is 25.3. The molecule has 1 amide bonds. The van der Waals surface area contributed by atoms with Crippen molar-refractivity contribution in [3.63, 3.8) is 0 Å². The molecule has 0 saturated carbocycles. The standard InChI is InChI=1S/C22H36N6O2.HI/c1-4-30-22(29)28-16-14-27(15-17-28)21(23-3)24-18-19(2)25-10-12-26(13-11-25)20-8-6-5-7-9-20;/h5-9,19H,4,10-18H2,1-3H3,(H,23,24);1H. The van der Waals surface area contributed by atoms with E-state index in [0.717, 1.165) is 51.8 Å². The fourth-order valence-corrected chi connectivity index (χ4v) is 4.08. The van der Waals surface area contributed by atoms with E-state index < -0.39 is 0 Å². The molecule has 2 saturated heterocycles. The van der Waals surface area contributed by atoms with Gasteiger partial charge in [0.2, 0.25) is 0 Å². The molecule has 1 aromatic carbocycles. The van der Waals surface area contributed by atoms with Gasteiger partial charge in [0.05, 0.1) is 6.61 Å². The van der Waals surface area contributed by atoms with Crippen molar-refractivity contribution in [2.45, 2.75) is 19.9 Å². The molecule has 31 heavy (non-hydrogen) atoms. The molecule has 1 unspecified atom stereocenters. The first-order valence-electron chi connectivity index (χ1n) is 11.0. The normalized spacial score (nSPS) is 18.9. The van der Waals surface area contributed by atoms with Gasteiger partial charge < -0.3 is 24.8 Å². The number of piperazine rings is 2. The van der Waals surface area contributed by atoms with Gasteiger partial charge in [0.25, 0.3) is 0 Å². The van der Waals surface area contributed by atoms with Crippen LogP contribution in [0, 0.1) is 0 Å². The molecule has 0 aliphatic carbocycles. The number of nitrogens with zero attached hydrogens (tertiary/aromatic N) is 5. The van der Waals surface area contributed by atoms with Crippen LogP contribution in [-0.4, -0.2) is 105 Å². The Morgan fingerprint density at radius 1 is 1.03 bits per heavy atom. The maximum absolute atomic E-state index is 11.9. The number of anilines is 1. The minimum atomic E-state index is -0.219. The van der Waals surface area contributed by atoms with E-state index in [2.05, 4.69) is 62.3 Å². The summed E-state index contributed by atoms with van der Waals surface area (Å²) in [6, 6.07) is 11.1. The third-order valence-corrected chi connectivity index (χ3v) is 5.93. The predicted molar refractivity (Wildman–Crippen MR) is 137 cm³/mol. The number of hydrogen-bond donors (Lipinski definition) is 1. The first-order valence-corrected chi connectivity index (χ1v) is 11.0. The number of carbonyl (C=O) groups excluding carboxylic acids is 1. The lowest BCUT2D eigenvalue weighted by Gasteiger charge is -2.40. The van der Waals surface area contributed by atoms with Crippen molar-refractivity contribution in [2.24, 2.45) is 4.99 Å². The first kappa shape index (κ1) is 25.5. The lowest BCUT2D eigenvalue weighted by Crippen LogP contribution is -2.56. The SMILES string of the molecule is CCOC(=O)N1CCN(C(=NC)NCC(C)N2CCN(c3ccccc3)CC2)CC1.I. The highest BCUT2D eigenvalue weighted by molar-refractivity contribution is 14.0. The summed E-state index contributed by atoms with van der Waals surface area (Å²) in [6.45, 7) is 12.5. The summed E-state index contributed by atoms with van der Waals surface area (Å²) in [5.41, 5.74) is 1.31. The van der Waals surface area contributed by atoms with Gasteiger partial charge in [-0.1, -0.05) is 18.2 Å². The molecule has 1 atom stereocenters. The molecular formula is C22H37IN6O2. The Bertz CT molecular complexity index is 689. The number of halogens is 1. The first-order chi connectivity index (χ1) is 14.6. The third-order valence-electron chi connectivity index (χ3n) is 5.93. The largest absolute Gasteiger partial charge is 0.450 e. The van der Waals surface area contributed by atoms with Crippen LogP contribution in [0.5, 0.6) is 0 Å². The van der Waals surface area contributed by atoms with Crippen LogP contribution in [0.15, 0.2) is 35.3 Å². The number of amides is 1. The topological polar surface area (TPSA) is 63.7 Å². The lowest BCUT2D eigenvalue weighted by atomic mass is 10.2. The van der Waals surface area contributed by atoms with Crippen LogP contribution in [0.2, 0.25) is 0 Å². The van der Waals surface area contributed by atoms with Crippen molar-refractivity contribution in [3.8, 4) is 0 Å². The second-order valence-corrected chi connectivity index (χ2v) is 7.81. The van der Waals surface area contributed by atoms with Crippen LogP contribution < -0.4 is 10.2 Å². The number of carbonyl (C=O) groups is 1. The van der Waals surface area contributed by atoms with E-state index in [1.165, 1.54) is 5.69 Å². The number of guanidine groups is 1. The fraction of sp³-hybridized carbons (Fsp3) is 0.636. The summed E-state index contributed by atoms with van der Waals surface area (Å²) in [5.74, 6) is 0.910. The molecule has 9 heteroatoms. The number of hydrogen-bond acceptors (Lipinski definition) is 5. The van der Waals surface area contributed by atoms with E-state index in [9.17, 15) is 4.79 Å². The molecule has 1 aromatic rings. The number of ether oxygens (including phenoxy) is 1. The fourth-order valence-electron chi connectivity index (χ4n) is 4.08. The number of rotatable bonds is 5. The molecule has 0 spiro atoms. The van der Waals surface area contributed by atoms with Crippen LogP contribution in [-0.2, 0) is 4.74 Å². The Hall–Kier alpha value is -1.75. The highest BCUT2D eigenvalue weighted by atomic mass is 127. The van der Waals surface area contributed by atoms with Crippen LogP contribution in [0.3, 0.4) is 0 Å². The summed E-state index contributed by atoms with van der Waals surface area (Å²) in [5, 5.41) is 3.53. The van der Waals surface area contributed by atoms with E-state index >= 15 is 0 Å². The number of benzene rings is 1. The third kappa shape index (κ3) is 7.13. The number of nitrogens with one attached hydrogen (secondary N) is 1. The molecule has 8 nitrogen and oxygen atoms in total. The van der Waals surface area contributed by atoms with Gasteiger partial charge in [-0.05, 0) is 26.0 Å². The van der Waals surface area contributed by atoms with Crippen molar-refractivity contribution >= 4 is 41.7 Å². The molecule has 0 aromatic heterocycles. The molecule has 2 aliphatic rings. The van der Waals surface area contributed by atoms with Gasteiger partial charge in [-0.3, -0.25) is 9.89 Å². The Morgan fingerprint density at radius 3 is 2.23 bits per heavy atom. The minimum absolute atomic E-state index is 0. The summed E-state index contributed by atoms with van der Waals surface area (Å²) in [7, 11) is 1.82. The monoisotopic (exact) mass is 544 g/mol. The maximum Gasteiger partial charge on any atom is 0.409 e. The van der Waals surface area contributed by atoms with Crippen molar-refractivity contribution in [1.82, 2.24) is 20.0 Å². The molecular weight excluding hydrogens is 507 g/mol. The van der Waals surface area contributed by atoms with Crippen molar-refractivity contribution < 1.29 is 9.53 Å². The molecule has 1 N–H and O–H groups in total. The second-order valence-electron chi connectivity index (χ2n) is 7.81. The zero-order valence-corrected chi connectivity index (χ0v) is 21.3. The van der Waals surface area contributed by atoms with E-state index in [1.54, 1.807) is 4.90 Å². The van der Waals surface area contributed by atoms with Crippen LogP contribution >= 0.6 is 24.0 Å². The van der Waals surface area contributed by atoms with E-state index in [1.807, 2.05) is 14.0 Å². The minimum Gasteiger partial charge on any atom is -0.450 e. The average molecular weight is 544 g/mol. The average Bonchev–Trinajstić information content (AvgIpc) is 2.80. The number of aliphatic imine (C=N–C) groups is 1. The van der Waals surface area contributed by atoms with Crippen molar-refractivity contribution in [2.75, 3.05) is 77.5 Å². The van der Waals surface area contributed by atoms with E-state index in [-0.39, 0.29) is 30.1 Å². The van der Waals surface area contributed by atoms with Gasteiger partial charge in [0.15, 0.2) is 5.96 Å². The van der Waals surface area contributed by atoms with Gasteiger partial charge in [-0.15, -0.1) is 24.0 Å². The summed E-state index contributed by atoms with van der Waals surface area (Å²) < 4.78 is 5.10. The molecule has 2 heterocycles. The second kappa shape index (κ2) is 12.9. The predicted octanol–water partition coefficient (Wildman–Crippen LogP) is 2.16.